The maximum Gasteiger partial charge on any atom is 0.241 e. The lowest BCUT2D eigenvalue weighted by Gasteiger charge is -2.24. The van der Waals surface area contributed by atoms with Gasteiger partial charge in [-0.3, -0.25) is 4.79 Å². The Hall–Kier alpha value is -2.59. The van der Waals surface area contributed by atoms with Crippen molar-refractivity contribution in [3.8, 4) is 11.5 Å². The van der Waals surface area contributed by atoms with Crippen molar-refractivity contribution < 1.29 is 22.7 Å². The summed E-state index contributed by atoms with van der Waals surface area (Å²) in [6.07, 6.45) is 5.85. The molecule has 0 spiro atoms. The standard InChI is InChI=1S/C20H28N4O5S/c1-14(2)19(20(25)22-15(3)12-24-8-7-21-13-24)23-30(26,27)16-5-6-17-18(11-16)29-10-4-9-28-17/h5-8,11,13-15,19,23H,4,9-10,12H2,1-3H3,(H,22,25). The second kappa shape index (κ2) is 9.48. The van der Waals surface area contributed by atoms with E-state index in [1.165, 1.54) is 12.1 Å². The predicted octanol–water partition coefficient (Wildman–Crippen LogP) is 1.55. The molecule has 1 amide bonds. The molecule has 2 unspecified atom stereocenters. The van der Waals surface area contributed by atoms with Gasteiger partial charge in [-0.15, -0.1) is 0 Å². The molecule has 2 N–H and O–H groups in total. The van der Waals surface area contributed by atoms with E-state index in [4.69, 9.17) is 9.47 Å². The first-order valence-electron chi connectivity index (χ1n) is 9.94. The van der Waals surface area contributed by atoms with Crippen LogP contribution in [-0.4, -0.2) is 49.2 Å². The molecular weight excluding hydrogens is 408 g/mol. The van der Waals surface area contributed by atoms with Crippen LogP contribution in [0.4, 0.5) is 0 Å². The average Bonchev–Trinajstić information content (AvgIpc) is 3.07. The van der Waals surface area contributed by atoms with Crippen LogP contribution in [0.2, 0.25) is 0 Å². The first-order chi connectivity index (χ1) is 14.3. The van der Waals surface area contributed by atoms with Crippen LogP contribution in [0.1, 0.15) is 27.2 Å². The van der Waals surface area contributed by atoms with E-state index in [-0.39, 0.29) is 22.8 Å². The van der Waals surface area contributed by atoms with E-state index in [1.807, 2.05) is 11.5 Å². The molecule has 1 aromatic heterocycles. The Kier molecular flexibility index (Phi) is 6.99. The van der Waals surface area contributed by atoms with Crippen molar-refractivity contribution in [1.82, 2.24) is 19.6 Å². The number of hydrogen-bond acceptors (Lipinski definition) is 6. The fraction of sp³-hybridized carbons (Fsp3) is 0.500. The van der Waals surface area contributed by atoms with Crippen molar-refractivity contribution in [2.75, 3.05) is 13.2 Å². The number of nitrogens with zero attached hydrogens (tertiary/aromatic N) is 2. The van der Waals surface area contributed by atoms with Gasteiger partial charge in [0.15, 0.2) is 11.5 Å². The Morgan fingerprint density at radius 1 is 1.20 bits per heavy atom. The molecule has 0 saturated carbocycles. The van der Waals surface area contributed by atoms with Crippen molar-refractivity contribution >= 4 is 15.9 Å². The molecule has 1 aliphatic rings. The maximum absolute atomic E-state index is 13.0. The van der Waals surface area contributed by atoms with Gasteiger partial charge in [0.25, 0.3) is 0 Å². The lowest BCUT2D eigenvalue weighted by Crippen LogP contribution is -2.52. The molecule has 0 saturated heterocycles. The quantitative estimate of drug-likeness (QED) is 0.650. The molecule has 2 aromatic rings. The van der Waals surface area contributed by atoms with Crippen LogP contribution in [0.25, 0.3) is 0 Å². The van der Waals surface area contributed by atoms with Crippen LogP contribution >= 0.6 is 0 Å². The number of imidazole rings is 1. The second-order valence-electron chi connectivity index (χ2n) is 7.67. The van der Waals surface area contributed by atoms with Crippen LogP contribution in [0.15, 0.2) is 41.8 Å². The fourth-order valence-electron chi connectivity index (χ4n) is 3.13. The van der Waals surface area contributed by atoms with Gasteiger partial charge in [0.2, 0.25) is 15.9 Å². The number of carbonyl (C=O) groups excluding carboxylic acids is 1. The van der Waals surface area contributed by atoms with Crippen molar-refractivity contribution in [2.24, 2.45) is 5.92 Å². The summed E-state index contributed by atoms with van der Waals surface area (Å²) in [5, 5.41) is 2.87. The molecule has 1 aromatic carbocycles. The molecule has 1 aliphatic heterocycles. The van der Waals surface area contributed by atoms with Gasteiger partial charge in [-0.25, -0.2) is 13.4 Å². The van der Waals surface area contributed by atoms with E-state index in [2.05, 4.69) is 15.0 Å². The highest BCUT2D eigenvalue weighted by Crippen LogP contribution is 2.32. The summed E-state index contributed by atoms with van der Waals surface area (Å²) >= 11 is 0. The summed E-state index contributed by atoms with van der Waals surface area (Å²) < 4.78 is 41.4. The largest absolute Gasteiger partial charge is 0.490 e. The van der Waals surface area contributed by atoms with Crippen LogP contribution in [-0.2, 0) is 21.4 Å². The number of benzene rings is 1. The number of hydrogen-bond donors (Lipinski definition) is 2. The fourth-order valence-corrected chi connectivity index (χ4v) is 4.49. The van der Waals surface area contributed by atoms with Gasteiger partial charge in [-0.1, -0.05) is 13.8 Å². The molecule has 0 fully saturated rings. The zero-order valence-corrected chi connectivity index (χ0v) is 18.2. The number of nitrogens with one attached hydrogen (secondary N) is 2. The smallest absolute Gasteiger partial charge is 0.241 e. The van der Waals surface area contributed by atoms with E-state index in [9.17, 15) is 13.2 Å². The SMILES string of the molecule is CC(Cn1ccnc1)NC(=O)C(NS(=O)(=O)c1ccc2c(c1)OCCCO2)C(C)C. The molecule has 30 heavy (non-hydrogen) atoms. The molecule has 3 rings (SSSR count). The summed E-state index contributed by atoms with van der Waals surface area (Å²) in [5.74, 6) is 0.268. The van der Waals surface area contributed by atoms with Crippen LogP contribution in [0.5, 0.6) is 11.5 Å². The molecule has 2 atom stereocenters. The number of rotatable bonds is 8. The van der Waals surface area contributed by atoms with Crippen molar-refractivity contribution in [3.05, 3.63) is 36.9 Å². The zero-order chi connectivity index (χ0) is 21.7. The predicted molar refractivity (Wildman–Crippen MR) is 111 cm³/mol. The third-order valence-corrected chi connectivity index (χ3v) is 6.13. The van der Waals surface area contributed by atoms with E-state index in [1.54, 1.807) is 38.6 Å². The van der Waals surface area contributed by atoms with Gasteiger partial charge in [0, 0.05) is 37.5 Å². The lowest BCUT2D eigenvalue weighted by atomic mass is 10.0. The molecule has 0 aliphatic carbocycles. The molecule has 2 heterocycles. The summed E-state index contributed by atoms with van der Waals surface area (Å²) in [7, 11) is -3.94. The minimum Gasteiger partial charge on any atom is -0.490 e. The number of carbonyl (C=O) groups is 1. The van der Waals surface area contributed by atoms with Gasteiger partial charge in [0.1, 0.15) is 6.04 Å². The number of amides is 1. The Morgan fingerprint density at radius 3 is 2.60 bits per heavy atom. The number of ether oxygens (including phenoxy) is 2. The van der Waals surface area contributed by atoms with Gasteiger partial charge in [-0.2, -0.15) is 4.72 Å². The lowest BCUT2D eigenvalue weighted by molar-refractivity contribution is -0.124. The van der Waals surface area contributed by atoms with Gasteiger partial charge in [0.05, 0.1) is 24.4 Å². The Morgan fingerprint density at radius 2 is 1.93 bits per heavy atom. The summed E-state index contributed by atoms with van der Waals surface area (Å²) in [4.78, 5) is 16.8. The first kappa shape index (κ1) is 22.1. The average molecular weight is 437 g/mol. The van der Waals surface area contributed by atoms with E-state index in [0.717, 1.165) is 6.42 Å². The van der Waals surface area contributed by atoms with Gasteiger partial charge in [-0.05, 0) is 25.0 Å². The van der Waals surface area contributed by atoms with E-state index in [0.29, 0.717) is 31.3 Å². The van der Waals surface area contributed by atoms with Crippen molar-refractivity contribution in [1.29, 1.82) is 0 Å². The van der Waals surface area contributed by atoms with Crippen LogP contribution in [0, 0.1) is 5.92 Å². The van der Waals surface area contributed by atoms with Crippen molar-refractivity contribution in [2.45, 2.75) is 50.7 Å². The highest BCUT2D eigenvalue weighted by Gasteiger charge is 2.30. The molecule has 9 nitrogen and oxygen atoms in total. The molecule has 0 bridgehead atoms. The minimum absolute atomic E-state index is 0.0247. The third kappa shape index (κ3) is 5.51. The van der Waals surface area contributed by atoms with Gasteiger partial charge >= 0.3 is 0 Å². The first-order valence-corrected chi connectivity index (χ1v) is 11.4. The second-order valence-corrected chi connectivity index (χ2v) is 9.39. The number of sulfonamides is 1. The monoisotopic (exact) mass is 436 g/mol. The van der Waals surface area contributed by atoms with E-state index >= 15 is 0 Å². The highest BCUT2D eigenvalue weighted by atomic mass is 32.2. The summed E-state index contributed by atoms with van der Waals surface area (Å²) in [6.45, 7) is 6.95. The Bertz CT molecular complexity index is 960. The molecule has 10 heteroatoms. The van der Waals surface area contributed by atoms with Crippen molar-refractivity contribution in [3.63, 3.8) is 0 Å². The minimum atomic E-state index is -3.94. The highest BCUT2D eigenvalue weighted by molar-refractivity contribution is 7.89. The van der Waals surface area contributed by atoms with Crippen LogP contribution < -0.4 is 19.5 Å². The summed E-state index contributed by atoms with van der Waals surface area (Å²) in [6, 6.07) is 3.34. The Labute approximate surface area is 176 Å². The topological polar surface area (TPSA) is 112 Å². The summed E-state index contributed by atoms with van der Waals surface area (Å²) in [5.41, 5.74) is 0. The molecular formula is C20H28N4O5S. The van der Waals surface area contributed by atoms with E-state index < -0.39 is 16.1 Å². The molecule has 0 radical (unpaired) electrons. The maximum atomic E-state index is 13.0. The van der Waals surface area contributed by atoms with Gasteiger partial charge < -0.3 is 19.4 Å². The Balaban J connectivity index is 1.71. The zero-order valence-electron chi connectivity index (χ0n) is 17.4. The number of fused-ring (bicyclic) bond motifs is 1. The normalized spacial score (nSPS) is 16.0. The third-order valence-electron chi connectivity index (χ3n) is 4.69. The van der Waals surface area contributed by atoms with Crippen LogP contribution in [0.3, 0.4) is 0 Å². The molecule has 164 valence electrons. The number of aromatic nitrogens is 2.